The van der Waals surface area contributed by atoms with Gasteiger partial charge in [-0.3, -0.25) is 4.79 Å². The number of aromatic nitrogens is 2. The SMILES string of the molecule is CC1CN(c2cc(F)c(-c3cnc(N4C[C@@H](C)O[C@H](C)C4)nc3)c(F)c2-c2c(F)ccc(C(N)=O)c2C(F)(F)F)CCN1C. The van der Waals surface area contributed by atoms with E-state index < -0.39 is 57.4 Å². The molecule has 236 valence electrons. The van der Waals surface area contributed by atoms with E-state index in [0.29, 0.717) is 31.8 Å². The molecule has 2 saturated heterocycles. The Bertz CT molecular complexity index is 1560. The predicted molar refractivity (Wildman–Crippen MR) is 153 cm³/mol. The Hall–Kier alpha value is -3.91. The largest absolute Gasteiger partial charge is 0.417 e. The fourth-order valence-corrected chi connectivity index (χ4v) is 5.90. The standard InChI is InChI=1S/C30H32F6N6O2/c1-15-12-41(8-7-40(15)4)22-9-21(32)23(18-10-38-29(39-11-18)42-13-16(2)44-17(3)14-42)27(33)25(22)24-20(31)6-5-19(28(37)43)26(24)30(34,35)36/h5-6,9-11,15-17H,7-8,12-14H2,1-4H3,(H2,37,43)/t15?,16-,17-/m1/s1. The van der Waals surface area contributed by atoms with Crippen LogP contribution in [-0.4, -0.2) is 78.8 Å². The molecule has 1 unspecified atom stereocenters. The number of morpholine rings is 1. The van der Waals surface area contributed by atoms with E-state index in [4.69, 9.17) is 10.5 Å². The summed E-state index contributed by atoms with van der Waals surface area (Å²) in [7, 11) is 1.84. The molecular formula is C30H32F6N6O2. The van der Waals surface area contributed by atoms with E-state index >= 15 is 13.2 Å². The van der Waals surface area contributed by atoms with E-state index in [1.165, 1.54) is 4.90 Å². The second-order valence-electron chi connectivity index (χ2n) is 11.4. The van der Waals surface area contributed by atoms with Crippen molar-refractivity contribution in [1.82, 2.24) is 14.9 Å². The van der Waals surface area contributed by atoms with E-state index in [-0.39, 0.29) is 48.5 Å². The van der Waals surface area contributed by atoms with Crippen molar-refractivity contribution >= 4 is 17.5 Å². The van der Waals surface area contributed by atoms with E-state index in [9.17, 15) is 18.0 Å². The average molecular weight is 623 g/mol. The Morgan fingerprint density at radius 2 is 1.55 bits per heavy atom. The highest BCUT2D eigenvalue weighted by Gasteiger charge is 2.42. The zero-order valence-electron chi connectivity index (χ0n) is 24.6. The molecule has 5 rings (SSSR count). The Morgan fingerprint density at radius 3 is 2.11 bits per heavy atom. The van der Waals surface area contributed by atoms with Crippen LogP contribution < -0.4 is 15.5 Å². The van der Waals surface area contributed by atoms with Gasteiger partial charge in [-0.1, -0.05) is 0 Å². The van der Waals surface area contributed by atoms with Gasteiger partial charge in [-0.2, -0.15) is 13.2 Å². The molecule has 3 atom stereocenters. The van der Waals surface area contributed by atoms with Crippen LogP contribution in [0.2, 0.25) is 0 Å². The summed E-state index contributed by atoms with van der Waals surface area (Å²) in [5.74, 6) is -5.21. The number of ether oxygens (including phenoxy) is 1. The van der Waals surface area contributed by atoms with Gasteiger partial charge < -0.3 is 25.2 Å². The van der Waals surface area contributed by atoms with Crippen molar-refractivity contribution in [3.63, 3.8) is 0 Å². The van der Waals surface area contributed by atoms with Crippen molar-refractivity contribution < 1.29 is 35.9 Å². The number of anilines is 2. The minimum Gasteiger partial charge on any atom is -0.372 e. The molecule has 3 aromatic rings. The van der Waals surface area contributed by atoms with Crippen LogP contribution >= 0.6 is 0 Å². The number of amides is 1. The summed E-state index contributed by atoms with van der Waals surface area (Å²) in [4.78, 5) is 25.9. The highest BCUT2D eigenvalue weighted by atomic mass is 19.4. The van der Waals surface area contributed by atoms with Gasteiger partial charge in [-0.25, -0.2) is 23.1 Å². The second kappa shape index (κ2) is 11.9. The summed E-state index contributed by atoms with van der Waals surface area (Å²) in [5, 5.41) is 0. The molecule has 0 saturated carbocycles. The third-order valence-electron chi connectivity index (χ3n) is 8.08. The Labute approximate surface area is 250 Å². The molecule has 0 bridgehead atoms. The Kier molecular flexibility index (Phi) is 8.51. The molecular weight excluding hydrogens is 590 g/mol. The van der Waals surface area contributed by atoms with Crippen molar-refractivity contribution in [3.8, 4) is 22.3 Å². The summed E-state index contributed by atoms with van der Waals surface area (Å²) < 4.78 is 97.4. The molecule has 44 heavy (non-hydrogen) atoms. The molecule has 14 heteroatoms. The molecule has 2 aliphatic heterocycles. The summed E-state index contributed by atoms with van der Waals surface area (Å²) in [6.45, 7) is 7.37. The van der Waals surface area contributed by atoms with E-state index in [1.807, 2.05) is 37.6 Å². The van der Waals surface area contributed by atoms with Crippen molar-refractivity contribution in [2.24, 2.45) is 5.73 Å². The number of nitrogens with two attached hydrogens (primary N) is 1. The maximum absolute atomic E-state index is 16.7. The predicted octanol–water partition coefficient (Wildman–Crippen LogP) is 5.10. The Balaban J connectivity index is 1.73. The van der Waals surface area contributed by atoms with Crippen molar-refractivity contribution in [3.05, 3.63) is 59.2 Å². The normalized spacial score (nSPS) is 21.5. The number of primary amides is 1. The maximum Gasteiger partial charge on any atom is 0.417 e. The van der Waals surface area contributed by atoms with Crippen LogP contribution in [0.4, 0.5) is 38.0 Å². The van der Waals surface area contributed by atoms with Crippen LogP contribution in [0.3, 0.4) is 0 Å². The van der Waals surface area contributed by atoms with Gasteiger partial charge in [0.1, 0.15) is 17.5 Å². The fourth-order valence-electron chi connectivity index (χ4n) is 5.90. The summed E-state index contributed by atoms with van der Waals surface area (Å²) in [5.41, 5.74) is -0.817. The topological polar surface area (TPSA) is 87.8 Å². The smallest absolute Gasteiger partial charge is 0.372 e. The van der Waals surface area contributed by atoms with E-state index in [0.717, 1.165) is 18.5 Å². The highest BCUT2D eigenvalue weighted by molar-refractivity contribution is 5.98. The number of benzene rings is 2. The van der Waals surface area contributed by atoms with Crippen molar-refractivity contribution in [1.29, 1.82) is 0 Å². The number of carbonyl (C=O) groups excluding carboxylic acids is 1. The van der Waals surface area contributed by atoms with Crippen molar-refractivity contribution in [2.45, 2.75) is 45.2 Å². The first-order valence-electron chi connectivity index (χ1n) is 14.1. The minimum absolute atomic E-state index is 0.113. The Morgan fingerprint density at radius 1 is 0.909 bits per heavy atom. The summed E-state index contributed by atoms with van der Waals surface area (Å²) >= 11 is 0. The molecule has 1 amide bonds. The third-order valence-corrected chi connectivity index (χ3v) is 8.08. The van der Waals surface area contributed by atoms with Crippen LogP contribution in [0.15, 0.2) is 30.6 Å². The summed E-state index contributed by atoms with van der Waals surface area (Å²) in [6.07, 6.45) is -3.21. The number of likely N-dealkylation sites (N-methyl/N-ethyl adjacent to an activating group) is 1. The third kappa shape index (κ3) is 5.92. The number of hydrogen-bond donors (Lipinski definition) is 1. The van der Waals surface area contributed by atoms with Crippen LogP contribution in [0.25, 0.3) is 22.3 Å². The minimum atomic E-state index is -5.31. The lowest BCUT2D eigenvalue weighted by molar-refractivity contribution is -0.137. The second-order valence-corrected chi connectivity index (χ2v) is 11.4. The van der Waals surface area contributed by atoms with Gasteiger partial charge in [-0.05, 0) is 46.0 Å². The lowest BCUT2D eigenvalue weighted by Gasteiger charge is -2.40. The van der Waals surface area contributed by atoms with E-state index in [1.54, 1.807) is 0 Å². The molecule has 2 N–H and O–H groups in total. The fraction of sp³-hybridized carbons (Fsp3) is 0.433. The zero-order valence-corrected chi connectivity index (χ0v) is 24.6. The molecule has 2 aliphatic rings. The number of piperazine rings is 1. The lowest BCUT2D eigenvalue weighted by Crippen LogP contribution is -2.50. The van der Waals surface area contributed by atoms with Gasteiger partial charge in [0.05, 0.1) is 34.6 Å². The average Bonchev–Trinajstić information content (AvgIpc) is 2.93. The first kappa shape index (κ1) is 31.5. The van der Waals surface area contributed by atoms with Gasteiger partial charge in [0.2, 0.25) is 11.9 Å². The molecule has 2 fully saturated rings. The monoisotopic (exact) mass is 622 g/mol. The molecule has 2 aromatic carbocycles. The van der Waals surface area contributed by atoms with Gasteiger partial charge in [0.25, 0.3) is 0 Å². The zero-order chi connectivity index (χ0) is 32.1. The van der Waals surface area contributed by atoms with Gasteiger partial charge in [0.15, 0.2) is 0 Å². The number of rotatable bonds is 5. The van der Waals surface area contributed by atoms with Crippen LogP contribution in [0.1, 0.15) is 36.7 Å². The number of halogens is 6. The molecule has 1 aromatic heterocycles. The van der Waals surface area contributed by atoms with E-state index in [2.05, 4.69) is 9.97 Å². The molecule has 8 nitrogen and oxygen atoms in total. The van der Waals surface area contributed by atoms with Gasteiger partial charge in [0, 0.05) is 67.8 Å². The number of alkyl halides is 3. The van der Waals surface area contributed by atoms with Crippen LogP contribution in [-0.2, 0) is 10.9 Å². The molecule has 3 heterocycles. The molecule has 0 aliphatic carbocycles. The lowest BCUT2D eigenvalue weighted by atomic mass is 9.89. The molecule has 0 radical (unpaired) electrons. The maximum atomic E-state index is 16.7. The van der Waals surface area contributed by atoms with Crippen LogP contribution in [0.5, 0.6) is 0 Å². The van der Waals surface area contributed by atoms with Gasteiger partial charge >= 0.3 is 6.18 Å². The van der Waals surface area contributed by atoms with Crippen LogP contribution in [0, 0.1) is 17.5 Å². The quantitative estimate of drug-likeness (QED) is 0.397. The molecule has 0 spiro atoms. The van der Waals surface area contributed by atoms with Crippen molar-refractivity contribution in [2.75, 3.05) is 49.6 Å². The number of carbonyl (C=O) groups is 1. The number of hydrogen-bond acceptors (Lipinski definition) is 7. The van der Waals surface area contributed by atoms with Gasteiger partial charge in [-0.15, -0.1) is 0 Å². The first-order valence-corrected chi connectivity index (χ1v) is 14.1. The highest BCUT2D eigenvalue weighted by Crippen LogP contribution is 2.47. The first-order chi connectivity index (χ1) is 20.7. The summed E-state index contributed by atoms with van der Waals surface area (Å²) in [6, 6.07) is 1.97. The number of nitrogens with zero attached hydrogens (tertiary/aromatic N) is 5.